The number of carbonyl (C=O) groups is 1. The second-order valence-electron chi connectivity index (χ2n) is 10.5. The van der Waals surface area contributed by atoms with Crippen LogP contribution in [-0.2, 0) is 14.3 Å². The summed E-state index contributed by atoms with van der Waals surface area (Å²) in [5.41, 5.74) is 7.63. The minimum atomic E-state index is -2.53. The number of halogens is 1. The Morgan fingerprint density at radius 1 is 1.30 bits per heavy atom. The fraction of sp³-hybridized carbons (Fsp3) is 0.538. The van der Waals surface area contributed by atoms with Gasteiger partial charge in [0, 0.05) is 18.9 Å². The van der Waals surface area contributed by atoms with Crippen molar-refractivity contribution in [1.29, 1.82) is 0 Å². The minimum absolute atomic E-state index is 0.0141. The summed E-state index contributed by atoms with van der Waals surface area (Å²) in [7, 11) is 1.01. The zero-order chi connectivity index (χ0) is 31.5. The normalized spacial score (nSPS) is 23.0. The SMILES string of the molecule is CC[C@]1(COc2ccc(O/[P+]([O-])=N/N[C@@H](C)C(=O)OC(C)C)cc2)O[C@@H](n2cnc3c(N(C)C)nc(N)nc32)[C@H](F)[C@@H]1O. The molecule has 15 nitrogen and oxygen atoms in total. The van der Waals surface area contributed by atoms with Crippen LogP contribution in [0.5, 0.6) is 11.5 Å². The van der Waals surface area contributed by atoms with Crippen LogP contribution in [0.25, 0.3) is 11.2 Å². The molecule has 1 aliphatic rings. The molecule has 0 radical (unpaired) electrons. The van der Waals surface area contributed by atoms with E-state index in [4.69, 9.17) is 24.5 Å². The van der Waals surface area contributed by atoms with Gasteiger partial charge in [-0.05, 0) is 51.5 Å². The lowest BCUT2D eigenvalue weighted by atomic mass is 9.94. The first-order chi connectivity index (χ1) is 20.3. The molecule has 3 heterocycles. The van der Waals surface area contributed by atoms with E-state index in [2.05, 4.69) is 25.2 Å². The number of aliphatic hydroxyl groups excluding tert-OH is 1. The predicted octanol–water partition coefficient (Wildman–Crippen LogP) is 2.01. The lowest BCUT2D eigenvalue weighted by molar-refractivity contribution is -0.169. The maximum Gasteiger partial charge on any atom is 0.412 e. The first-order valence-electron chi connectivity index (χ1n) is 13.6. The third-order valence-corrected chi connectivity index (χ3v) is 7.36. The number of ether oxygens (including phenoxy) is 3. The number of aliphatic hydroxyl groups is 1. The van der Waals surface area contributed by atoms with E-state index in [-0.39, 0.29) is 36.5 Å². The number of benzene rings is 1. The Hall–Kier alpha value is -3.69. The van der Waals surface area contributed by atoms with Crippen LogP contribution in [0.2, 0.25) is 0 Å². The van der Waals surface area contributed by atoms with Crippen molar-refractivity contribution >= 4 is 37.1 Å². The van der Waals surface area contributed by atoms with Crippen molar-refractivity contribution in [2.75, 3.05) is 31.3 Å². The number of carbonyl (C=O) groups excluding carboxylic acids is 1. The van der Waals surface area contributed by atoms with E-state index in [1.807, 2.05) is 0 Å². The third kappa shape index (κ3) is 7.11. The molecule has 0 amide bonds. The molecular weight excluding hydrogens is 586 g/mol. The molecule has 43 heavy (non-hydrogen) atoms. The van der Waals surface area contributed by atoms with Gasteiger partial charge in [0.1, 0.15) is 30.1 Å². The van der Waals surface area contributed by atoms with Crippen molar-refractivity contribution in [3.63, 3.8) is 0 Å². The van der Waals surface area contributed by atoms with Gasteiger partial charge in [-0.3, -0.25) is 13.9 Å². The van der Waals surface area contributed by atoms with Crippen LogP contribution < -0.4 is 30.2 Å². The second kappa shape index (κ2) is 13.3. The van der Waals surface area contributed by atoms with Crippen molar-refractivity contribution in [3.8, 4) is 11.5 Å². The Labute approximate surface area is 248 Å². The fourth-order valence-electron chi connectivity index (χ4n) is 4.40. The third-order valence-electron chi connectivity index (χ3n) is 6.71. The number of nitrogen functional groups attached to an aromatic ring is 1. The van der Waals surface area contributed by atoms with Crippen LogP contribution in [0.4, 0.5) is 16.2 Å². The van der Waals surface area contributed by atoms with Crippen LogP contribution in [-0.4, -0.2) is 81.3 Å². The Morgan fingerprint density at radius 3 is 2.60 bits per heavy atom. The molecule has 0 spiro atoms. The molecule has 0 saturated carbocycles. The lowest BCUT2D eigenvalue weighted by Gasteiger charge is -2.30. The molecule has 0 bridgehead atoms. The van der Waals surface area contributed by atoms with E-state index >= 15 is 4.39 Å². The van der Waals surface area contributed by atoms with Crippen LogP contribution in [0.15, 0.2) is 35.4 Å². The van der Waals surface area contributed by atoms with Crippen LogP contribution in [0.1, 0.15) is 40.3 Å². The molecule has 1 aromatic carbocycles. The number of nitrogens with two attached hydrogens (primary N) is 1. The Bertz CT molecular complexity index is 1460. The Kier molecular flexibility index (Phi) is 9.97. The maximum absolute atomic E-state index is 15.6. The van der Waals surface area contributed by atoms with Gasteiger partial charge in [-0.25, -0.2) is 9.37 Å². The number of fused-ring (bicyclic) bond motifs is 1. The number of rotatable bonds is 12. The first kappa shape index (κ1) is 32.2. The van der Waals surface area contributed by atoms with Gasteiger partial charge in [-0.1, -0.05) is 6.92 Å². The quantitative estimate of drug-likeness (QED) is 0.151. The van der Waals surface area contributed by atoms with Gasteiger partial charge in [-0.2, -0.15) is 15.4 Å². The van der Waals surface area contributed by atoms with E-state index in [1.165, 1.54) is 30.0 Å². The van der Waals surface area contributed by atoms with Gasteiger partial charge in [0.15, 0.2) is 35.1 Å². The standard InChI is InChI=1S/C26H36FN8O7P/c1-7-26(12-39-16-8-10-17(11-9-16)42-43(38)33-32-15(4)24(37)40-14(2)3)20(36)18(27)23(41-26)35-13-29-19-21(34(5)6)30-25(28)31-22(19)35/h8-11,13-15,18,20,23,32,36H,7,12H2,1-6H3,(H2,28,30,31)/t15-,18+,20-,23+,26+/m0/s1. The number of hydrogen-bond donors (Lipinski definition) is 3. The van der Waals surface area contributed by atoms with Crippen molar-refractivity contribution < 1.29 is 37.9 Å². The average molecular weight is 623 g/mol. The number of anilines is 2. The van der Waals surface area contributed by atoms with Gasteiger partial charge in [0.05, 0.1) is 12.4 Å². The molecule has 234 valence electrons. The van der Waals surface area contributed by atoms with Crippen molar-refractivity contribution in [3.05, 3.63) is 30.6 Å². The molecule has 1 fully saturated rings. The molecule has 1 unspecified atom stereocenters. The molecule has 17 heteroatoms. The molecule has 2 aromatic heterocycles. The van der Waals surface area contributed by atoms with Crippen molar-refractivity contribution in [1.82, 2.24) is 24.9 Å². The largest absolute Gasteiger partial charge is 0.574 e. The highest BCUT2D eigenvalue weighted by atomic mass is 31.1. The zero-order valence-corrected chi connectivity index (χ0v) is 25.6. The number of nitrogens with one attached hydrogen (secondary N) is 1. The van der Waals surface area contributed by atoms with E-state index < -0.39 is 44.3 Å². The summed E-state index contributed by atoms with van der Waals surface area (Å²) in [4.78, 5) is 42.2. The van der Waals surface area contributed by atoms with E-state index in [0.717, 1.165) is 0 Å². The summed E-state index contributed by atoms with van der Waals surface area (Å²) < 4.78 is 39.3. The van der Waals surface area contributed by atoms with Crippen molar-refractivity contribution in [2.45, 2.75) is 70.4 Å². The van der Waals surface area contributed by atoms with Crippen molar-refractivity contribution in [2.24, 2.45) is 4.85 Å². The number of imidazole rings is 1. The monoisotopic (exact) mass is 622 g/mol. The summed E-state index contributed by atoms with van der Waals surface area (Å²) in [6.45, 7) is 6.54. The van der Waals surface area contributed by atoms with Gasteiger partial charge < -0.3 is 34.8 Å². The maximum atomic E-state index is 15.6. The summed E-state index contributed by atoms with van der Waals surface area (Å²) in [6.07, 6.45) is -3.26. The number of aromatic nitrogens is 4. The molecule has 0 aliphatic carbocycles. The lowest BCUT2D eigenvalue weighted by Crippen LogP contribution is -2.46. The Balaban J connectivity index is 1.41. The van der Waals surface area contributed by atoms with Gasteiger partial charge >= 0.3 is 14.1 Å². The molecule has 1 aliphatic heterocycles. The van der Waals surface area contributed by atoms with E-state index in [0.29, 0.717) is 17.1 Å². The highest BCUT2D eigenvalue weighted by molar-refractivity contribution is 7.33. The fourth-order valence-corrected chi connectivity index (χ4v) is 5.01. The molecule has 6 atom stereocenters. The summed E-state index contributed by atoms with van der Waals surface area (Å²) in [5, 5.41) is 11.0. The van der Waals surface area contributed by atoms with Gasteiger partial charge in [0.2, 0.25) is 5.95 Å². The summed E-state index contributed by atoms with van der Waals surface area (Å²) in [6, 6.07) is 5.30. The predicted molar refractivity (Wildman–Crippen MR) is 154 cm³/mol. The highest BCUT2D eigenvalue weighted by Crippen LogP contribution is 2.43. The molecule has 4 rings (SSSR count). The van der Waals surface area contributed by atoms with Gasteiger partial charge in [0.25, 0.3) is 0 Å². The molecule has 1 saturated heterocycles. The number of alkyl halides is 1. The second-order valence-corrected chi connectivity index (χ2v) is 11.3. The molecular formula is C26H36FN8O7P. The average Bonchev–Trinajstić information content (AvgIpc) is 3.48. The highest BCUT2D eigenvalue weighted by Gasteiger charge is 2.56. The molecule has 3 aromatic rings. The summed E-state index contributed by atoms with van der Waals surface area (Å²) >= 11 is 0. The van der Waals surface area contributed by atoms with Crippen LogP contribution in [0, 0.1) is 0 Å². The van der Waals surface area contributed by atoms with E-state index in [9.17, 15) is 14.8 Å². The van der Waals surface area contributed by atoms with Gasteiger partial charge in [-0.15, -0.1) is 0 Å². The summed E-state index contributed by atoms with van der Waals surface area (Å²) in [5.74, 6) is 0.510. The van der Waals surface area contributed by atoms with Crippen LogP contribution >= 0.6 is 8.17 Å². The topological polar surface area (TPSA) is 195 Å². The number of esters is 1. The molecule has 4 N–H and O–H groups in total. The number of nitrogens with zero attached hydrogens (tertiary/aromatic N) is 6. The minimum Gasteiger partial charge on any atom is -0.574 e. The zero-order valence-electron chi connectivity index (χ0n) is 24.7. The Morgan fingerprint density at radius 2 is 1.98 bits per heavy atom. The van der Waals surface area contributed by atoms with E-state index in [1.54, 1.807) is 51.9 Å². The number of hydrogen-bond acceptors (Lipinski definition) is 13. The first-order valence-corrected chi connectivity index (χ1v) is 14.7. The smallest absolute Gasteiger partial charge is 0.412 e. The van der Waals surface area contributed by atoms with Crippen LogP contribution in [0.3, 0.4) is 0 Å².